The van der Waals surface area contributed by atoms with E-state index in [2.05, 4.69) is 16.4 Å². The highest BCUT2D eigenvalue weighted by atomic mass is 35.5. The van der Waals surface area contributed by atoms with Crippen LogP contribution in [-0.2, 0) is 4.79 Å². The molecule has 6 heteroatoms. The summed E-state index contributed by atoms with van der Waals surface area (Å²) >= 11 is 7.46. The maximum atomic E-state index is 12.2. The number of hydrogen-bond donors (Lipinski definition) is 1. The first-order valence-electron chi connectivity index (χ1n) is 8.32. The number of para-hydroxylation sites is 1. The fourth-order valence-corrected chi connectivity index (χ4v) is 3.69. The van der Waals surface area contributed by atoms with Gasteiger partial charge in [-0.1, -0.05) is 35.9 Å². The zero-order valence-electron chi connectivity index (χ0n) is 14.2. The predicted molar refractivity (Wildman–Crippen MR) is 111 cm³/mol. The highest BCUT2D eigenvalue weighted by Gasteiger charge is 2.08. The molecule has 1 N–H and O–H groups in total. The molecular formula is C21H15ClN2O2S. The van der Waals surface area contributed by atoms with Gasteiger partial charge in [-0.15, -0.1) is 11.3 Å². The van der Waals surface area contributed by atoms with Gasteiger partial charge >= 0.3 is 0 Å². The van der Waals surface area contributed by atoms with Gasteiger partial charge in [0.2, 0.25) is 0 Å². The number of aromatic nitrogens is 1. The molecule has 0 unspecified atom stereocenters. The van der Waals surface area contributed by atoms with E-state index >= 15 is 0 Å². The Kier molecular flexibility index (Phi) is 5.05. The van der Waals surface area contributed by atoms with E-state index in [1.807, 2.05) is 42.5 Å². The number of fused-ring (bicyclic) bond motifs is 1. The Morgan fingerprint density at radius 2 is 1.85 bits per heavy atom. The molecule has 0 aliphatic heterocycles. The average molecular weight is 395 g/mol. The quantitative estimate of drug-likeness (QED) is 0.477. The summed E-state index contributed by atoms with van der Waals surface area (Å²) in [5.74, 6) is 0.365. The highest BCUT2D eigenvalue weighted by Crippen LogP contribution is 2.31. The lowest BCUT2D eigenvalue weighted by Gasteiger charge is -2.08. The number of benzene rings is 3. The molecule has 3 aromatic carbocycles. The first-order chi connectivity index (χ1) is 13.2. The molecule has 4 aromatic rings. The molecule has 4 rings (SSSR count). The topological polar surface area (TPSA) is 51.2 Å². The zero-order chi connectivity index (χ0) is 18.6. The van der Waals surface area contributed by atoms with Crippen LogP contribution in [0.3, 0.4) is 0 Å². The molecule has 0 spiro atoms. The van der Waals surface area contributed by atoms with E-state index in [0.29, 0.717) is 16.5 Å². The first kappa shape index (κ1) is 17.5. The number of carbonyl (C=O) groups is 1. The molecule has 0 fully saturated rings. The van der Waals surface area contributed by atoms with Crippen molar-refractivity contribution in [3.05, 3.63) is 77.8 Å². The van der Waals surface area contributed by atoms with Crippen LogP contribution in [0.2, 0.25) is 5.02 Å². The summed E-state index contributed by atoms with van der Waals surface area (Å²) in [5, 5.41) is 4.40. The van der Waals surface area contributed by atoms with Crippen LogP contribution >= 0.6 is 22.9 Å². The fourth-order valence-electron chi connectivity index (χ4n) is 2.60. The van der Waals surface area contributed by atoms with Gasteiger partial charge < -0.3 is 10.1 Å². The Labute approximate surface area is 165 Å². The van der Waals surface area contributed by atoms with Gasteiger partial charge in [-0.05, 0) is 48.5 Å². The molecule has 1 aromatic heterocycles. The van der Waals surface area contributed by atoms with Gasteiger partial charge in [-0.2, -0.15) is 0 Å². The average Bonchev–Trinajstić information content (AvgIpc) is 3.12. The standard InChI is InChI=1S/C21H15ClN2O2S/c22-15-8-10-17(11-9-15)26-13-20(25)23-16-5-3-4-14(12-16)21-24-18-6-1-2-7-19(18)27-21/h1-12H,13H2,(H,23,25). The molecule has 27 heavy (non-hydrogen) atoms. The number of nitrogens with zero attached hydrogens (tertiary/aromatic N) is 1. The molecule has 0 atom stereocenters. The second-order valence-electron chi connectivity index (χ2n) is 5.86. The minimum Gasteiger partial charge on any atom is -0.484 e. The SMILES string of the molecule is O=C(COc1ccc(Cl)cc1)Nc1cccc(-c2nc3ccccc3s2)c1. The van der Waals surface area contributed by atoms with Crippen molar-refractivity contribution < 1.29 is 9.53 Å². The van der Waals surface area contributed by atoms with Crippen molar-refractivity contribution in [1.82, 2.24) is 4.98 Å². The first-order valence-corrected chi connectivity index (χ1v) is 9.51. The predicted octanol–water partition coefficient (Wildman–Crippen LogP) is 5.63. The van der Waals surface area contributed by atoms with Crippen molar-refractivity contribution in [3.8, 4) is 16.3 Å². The lowest BCUT2D eigenvalue weighted by molar-refractivity contribution is -0.118. The summed E-state index contributed by atoms with van der Waals surface area (Å²) in [5.41, 5.74) is 2.65. The summed E-state index contributed by atoms with van der Waals surface area (Å²) in [4.78, 5) is 16.8. The molecule has 0 aliphatic carbocycles. The van der Waals surface area contributed by atoms with Crippen LogP contribution in [0, 0.1) is 0 Å². The minimum absolute atomic E-state index is 0.0764. The molecule has 0 radical (unpaired) electrons. The van der Waals surface area contributed by atoms with Crippen molar-refractivity contribution in [2.75, 3.05) is 11.9 Å². The molecule has 0 bridgehead atoms. The summed E-state index contributed by atoms with van der Waals surface area (Å²) in [7, 11) is 0. The number of carbonyl (C=O) groups excluding carboxylic acids is 1. The van der Waals surface area contributed by atoms with Crippen LogP contribution in [0.25, 0.3) is 20.8 Å². The van der Waals surface area contributed by atoms with Gasteiger partial charge in [-0.3, -0.25) is 4.79 Å². The smallest absolute Gasteiger partial charge is 0.262 e. The van der Waals surface area contributed by atoms with Gasteiger partial charge in [0.1, 0.15) is 10.8 Å². The van der Waals surface area contributed by atoms with E-state index in [9.17, 15) is 4.79 Å². The lowest BCUT2D eigenvalue weighted by Crippen LogP contribution is -2.20. The van der Waals surface area contributed by atoms with E-state index in [1.165, 1.54) is 0 Å². The molecule has 1 amide bonds. The summed E-state index contributed by atoms with van der Waals surface area (Å²) in [6, 6.07) is 22.6. The number of hydrogen-bond acceptors (Lipinski definition) is 4. The van der Waals surface area contributed by atoms with Crippen molar-refractivity contribution in [1.29, 1.82) is 0 Å². The maximum Gasteiger partial charge on any atom is 0.262 e. The third-order valence-electron chi connectivity index (χ3n) is 3.87. The third kappa shape index (κ3) is 4.27. The van der Waals surface area contributed by atoms with Crippen molar-refractivity contribution in [2.45, 2.75) is 0 Å². The van der Waals surface area contributed by atoms with Gasteiger partial charge in [0.15, 0.2) is 6.61 Å². The van der Waals surface area contributed by atoms with E-state index in [0.717, 1.165) is 20.8 Å². The zero-order valence-corrected chi connectivity index (χ0v) is 15.8. The fraction of sp³-hybridized carbons (Fsp3) is 0.0476. The lowest BCUT2D eigenvalue weighted by atomic mass is 10.2. The summed E-state index contributed by atoms with van der Waals surface area (Å²) in [6.45, 7) is -0.0764. The minimum atomic E-state index is -0.230. The van der Waals surface area contributed by atoms with Crippen LogP contribution < -0.4 is 10.1 Å². The molecule has 1 heterocycles. The molecule has 134 valence electrons. The maximum absolute atomic E-state index is 12.2. The molecule has 4 nitrogen and oxygen atoms in total. The monoisotopic (exact) mass is 394 g/mol. The van der Waals surface area contributed by atoms with Crippen LogP contribution in [-0.4, -0.2) is 17.5 Å². The van der Waals surface area contributed by atoms with E-state index in [1.54, 1.807) is 35.6 Å². The molecule has 0 saturated heterocycles. The van der Waals surface area contributed by atoms with Gasteiger partial charge in [0.05, 0.1) is 10.2 Å². The van der Waals surface area contributed by atoms with Crippen molar-refractivity contribution in [3.63, 3.8) is 0 Å². The Hall–Kier alpha value is -2.89. The van der Waals surface area contributed by atoms with Gasteiger partial charge in [0, 0.05) is 16.3 Å². The second-order valence-corrected chi connectivity index (χ2v) is 7.33. The van der Waals surface area contributed by atoms with Gasteiger partial charge in [0.25, 0.3) is 5.91 Å². The number of nitrogens with one attached hydrogen (secondary N) is 1. The normalized spacial score (nSPS) is 10.7. The van der Waals surface area contributed by atoms with Crippen LogP contribution in [0.5, 0.6) is 5.75 Å². The van der Waals surface area contributed by atoms with Crippen LogP contribution in [0.4, 0.5) is 5.69 Å². The van der Waals surface area contributed by atoms with Crippen LogP contribution in [0.1, 0.15) is 0 Å². The van der Waals surface area contributed by atoms with E-state index < -0.39 is 0 Å². The van der Waals surface area contributed by atoms with Crippen molar-refractivity contribution in [2.24, 2.45) is 0 Å². The number of rotatable bonds is 5. The van der Waals surface area contributed by atoms with E-state index in [-0.39, 0.29) is 12.5 Å². The Morgan fingerprint density at radius 3 is 2.67 bits per heavy atom. The Balaban J connectivity index is 1.44. The second kappa shape index (κ2) is 7.78. The number of ether oxygens (including phenoxy) is 1. The van der Waals surface area contributed by atoms with E-state index in [4.69, 9.17) is 16.3 Å². The van der Waals surface area contributed by atoms with Crippen LogP contribution in [0.15, 0.2) is 72.8 Å². The highest BCUT2D eigenvalue weighted by molar-refractivity contribution is 7.21. The summed E-state index contributed by atoms with van der Waals surface area (Å²) < 4.78 is 6.61. The molecule has 0 aliphatic rings. The number of anilines is 1. The Bertz CT molecular complexity index is 1060. The molecule has 0 saturated carbocycles. The largest absolute Gasteiger partial charge is 0.484 e. The van der Waals surface area contributed by atoms with Gasteiger partial charge in [-0.25, -0.2) is 4.98 Å². The van der Waals surface area contributed by atoms with Crippen molar-refractivity contribution >= 4 is 44.7 Å². The summed E-state index contributed by atoms with van der Waals surface area (Å²) in [6.07, 6.45) is 0. The Morgan fingerprint density at radius 1 is 1.04 bits per heavy atom. The number of amides is 1. The third-order valence-corrected chi connectivity index (χ3v) is 5.21. The molecular weight excluding hydrogens is 380 g/mol. The number of halogens is 1. The number of thiazole rings is 1.